The molecule has 0 aliphatic rings. The lowest BCUT2D eigenvalue weighted by atomic mass is 10.2. The number of nitrogens with zero attached hydrogens (tertiary/aromatic N) is 5. The van der Waals surface area contributed by atoms with E-state index in [2.05, 4.69) is 15.4 Å². The van der Waals surface area contributed by atoms with E-state index in [1.807, 2.05) is 69.6 Å². The summed E-state index contributed by atoms with van der Waals surface area (Å²) in [5.74, 6) is 0.242. The fraction of sp³-hybridized carbons (Fsp3) is 0.200. The van der Waals surface area contributed by atoms with E-state index in [9.17, 15) is 9.59 Å². The number of anilines is 2. The molecule has 8 nitrogen and oxygen atoms in total. The molecule has 142 valence electrons. The van der Waals surface area contributed by atoms with E-state index in [1.165, 1.54) is 9.08 Å². The van der Waals surface area contributed by atoms with E-state index in [-0.39, 0.29) is 18.1 Å². The third-order valence-corrected chi connectivity index (χ3v) is 4.44. The first-order valence-corrected chi connectivity index (χ1v) is 8.86. The average Bonchev–Trinajstić information content (AvgIpc) is 2.99. The second-order valence-electron chi connectivity index (χ2n) is 6.83. The minimum absolute atomic E-state index is 0.185. The van der Waals surface area contributed by atoms with Crippen LogP contribution in [-0.4, -0.2) is 39.2 Å². The summed E-state index contributed by atoms with van der Waals surface area (Å²) in [6.45, 7) is 1.79. The molecule has 28 heavy (non-hydrogen) atoms. The van der Waals surface area contributed by atoms with E-state index >= 15 is 0 Å². The van der Waals surface area contributed by atoms with E-state index in [0.717, 1.165) is 5.56 Å². The van der Waals surface area contributed by atoms with Crippen LogP contribution in [0.2, 0.25) is 0 Å². The molecule has 0 saturated carbocycles. The quantitative estimate of drug-likeness (QED) is 0.589. The minimum atomic E-state index is -0.379. The van der Waals surface area contributed by atoms with Gasteiger partial charge in [-0.3, -0.25) is 4.79 Å². The molecule has 8 heteroatoms. The van der Waals surface area contributed by atoms with Crippen molar-refractivity contribution in [1.29, 1.82) is 0 Å². The van der Waals surface area contributed by atoms with Gasteiger partial charge in [0, 0.05) is 19.8 Å². The molecule has 1 amide bonds. The Bertz CT molecular complexity index is 1240. The van der Waals surface area contributed by atoms with Crippen molar-refractivity contribution in [3.8, 4) is 0 Å². The molecule has 2 aromatic carbocycles. The van der Waals surface area contributed by atoms with Gasteiger partial charge in [-0.2, -0.15) is 0 Å². The zero-order valence-corrected chi connectivity index (χ0v) is 15.9. The van der Waals surface area contributed by atoms with Gasteiger partial charge in [-0.15, -0.1) is 5.10 Å². The molecule has 2 heterocycles. The van der Waals surface area contributed by atoms with Crippen molar-refractivity contribution in [2.24, 2.45) is 0 Å². The molecule has 0 bridgehead atoms. The van der Waals surface area contributed by atoms with Crippen LogP contribution in [0.1, 0.15) is 5.56 Å². The van der Waals surface area contributed by atoms with Crippen molar-refractivity contribution in [2.75, 3.05) is 24.3 Å². The smallest absolute Gasteiger partial charge is 0.351 e. The average molecular weight is 376 g/mol. The standard InChI is InChI=1S/C20H20N6O2/c1-13-8-10-14(11-9-13)21-17(27)12-25-20(28)26-16-7-5-4-6-15(16)22-18(24(2)3)19(26)23-25/h4-11H,12H2,1-3H3,(H,21,27). The largest absolute Gasteiger partial charge is 0.360 e. The molecule has 0 fully saturated rings. The summed E-state index contributed by atoms with van der Waals surface area (Å²) in [4.78, 5) is 31.8. The number of hydrogen-bond acceptors (Lipinski definition) is 5. The molecule has 2 aromatic heterocycles. The summed E-state index contributed by atoms with van der Waals surface area (Å²) in [6, 6.07) is 14.8. The van der Waals surface area contributed by atoms with Crippen molar-refractivity contribution in [3.05, 3.63) is 64.6 Å². The maximum atomic E-state index is 13.0. The Kier molecular flexibility index (Phi) is 4.31. The first-order chi connectivity index (χ1) is 13.4. The lowest BCUT2D eigenvalue weighted by Crippen LogP contribution is -2.28. The van der Waals surface area contributed by atoms with Crippen molar-refractivity contribution >= 4 is 34.1 Å². The number of aryl methyl sites for hydroxylation is 1. The second kappa shape index (κ2) is 6.80. The molecule has 4 rings (SSSR count). The first kappa shape index (κ1) is 17.7. The Balaban J connectivity index is 1.76. The predicted molar refractivity (Wildman–Crippen MR) is 109 cm³/mol. The van der Waals surface area contributed by atoms with Crippen molar-refractivity contribution < 1.29 is 4.79 Å². The number of hydrogen-bond donors (Lipinski definition) is 1. The Labute approximate surface area is 161 Å². The van der Waals surface area contributed by atoms with Gasteiger partial charge < -0.3 is 10.2 Å². The third kappa shape index (κ3) is 3.09. The van der Waals surface area contributed by atoms with Gasteiger partial charge in [-0.1, -0.05) is 29.8 Å². The monoisotopic (exact) mass is 376 g/mol. The lowest BCUT2D eigenvalue weighted by molar-refractivity contribution is -0.117. The minimum Gasteiger partial charge on any atom is -0.360 e. The van der Waals surface area contributed by atoms with Gasteiger partial charge >= 0.3 is 5.69 Å². The highest BCUT2D eigenvalue weighted by molar-refractivity contribution is 5.90. The normalized spacial score (nSPS) is 11.1. The summed E-state index contributed by atoms with van der Waals surface area (Å²) in [6.07, 6.45) is 0. The van der Waals surface area contributed by atoms with Gasteiger partial charge in [0.15, 0.2) is 5.82 Å². The van der Waals surface area contributed by atoms with Crippen molar-refractivity contribution in [1.82, 2.24) is 19.2 Å². The number of para-hydroxylation sites is 2. The summed E-state index contributed by atoms with van der Waals surface area (Å²) >= 11 is 0. The van der Waals surface area contributed by atoms with Crippen LogP contribution < -0.4 is 15.9 Å². The Morgan fingerprint density at radius 2 is 1.82 bits per heavy atom. The van der Waals surface area contributed by atoms with Crippen LogP contribution in [0.5, 0.6) is 0 Å². The molecule has 4 aromatic rings. The van der Waals surface area contributed by atoms with E-state index in [1.54, 1.807) is 4.90 Å². The van der Waals surface area contributed by atoms with Gasteiger partial charge in [0.2, 0.25) is 11.6 Å². The van der Waals surface area contributed by atoms with E-state index < -0.39 is 0 Å². The molecule has 1 N–H and O–H groups in total. The number of amides is 1. The van der Waals surface area contributed by atoms with Crippen LogP contribution in [-0.2, 0) is 11.3 Å². The zero-order chi connectivity index (χ0) is 19.8. The van der Waals surface area contributed by atoms with Crippen LogP contribution >= 0.6 is 0 Å². The highest BCUT2D eigenvalue weighted by Gasteiger charge is 2.18. The fourth-order valence-electron chi connectivity index (χ4n) is 3.06. The van der Waals surface area contributed by atoms with Gasteiger partial charge in [0.25, 0.3) is 0 Å². The van der Waals surface area contributed by atoms with Gasteiger partial charge in [-0.25, -0.2) is 18.9 Å². The Morgan fingerprint density at radius 3 is 2.54 bits per heavy atom. The SMILES string of the molecule is Cc1ccc(NC(=O)Cn2nc3c(N(C)C)nc4ccccc4n3c2=O)cc1. The van der Waals surface area contributed by atoms with Gasteiger partial charge in [-0.05, 0) is 31.2 Å². The molecule has 0 aliphatic heterocycles. The zero-order valence-electron chi connectivity index (χ0n) is 15.9. The van der Waals surface area contributed by atoms with Crippen LogP contribution in [0, 0.1) is 6.92 Å². The number of carbonyl (C=O) groups is 1. The maximum Gasteiger partial charge on any atom is 0.351 e. The molecule has 0 unspecified atom stereocenters. The number of nitrogens with one attached hydrogen (secondary N) is 1. The van der Waals surface area contributed by atoms with Crippen LogP contribution in [0.15, 0.2) is 53.3 Å². The number of carbonyl (C=O) groups excluding carboxylic acids is 1. The van der Waals surface area contributed by atoms with Crippen LogP contribution in [0.3, 0.4) is 0 Å². The van der Waals surface area contributed by atoms with Gasteiger partial charge in [0.1, 0.15) is 6.54 Å². The summed E-state index contributed by atoms with van der Waals surface area (Å²) < 4.78 is 2.66. The third-order valence-electron chi connectivity index (χ3n) is 4.44. The molecule has 0 atom stereocenters. The highest BCUT2D eigenvalue weighted by atomic mass is 16.2. The van der Waals surface area contributed by atoms with Crippen molar-refractivity contribution in [2.45, 2.75) is 13.5 Å². The Hall–Kier alpha value is -3.68. The summed E-state index contributed by atoms with van der Waals surface area (Å²) in [5, 5.41) is 7.17. The van der Waals surface area contributed by atoms with Crippen molar-refractivity contribution in [3.63, 3.8) is 0 Å². The highest BCUT2D eigenvalue weighted by Crippen LogP contribution is 2.20. The molecule has 0 aliphatic carbocycles. The number of benzene rings is 2. The topological polar surface area (TPSA) is 84.5 Å². The lowest BCUT2D eigenvalue weighted by Gasteiger charge is -2.12. The molecule has 0 radical (unpaired) electrons. The predicted octanol–water partition coefficient (Wildman–Crippen LogP) is 2.06. The number of rotatable bonds is 4. The molecular formula is C20H20N6O2. The maximum absolute atomic E-state index is 13.0. The molecule has 0 spiro atoms. The fourth-order valence-corrected chi connectivity index (χ4v) is 3.06. The molecular weight excluding hydrogens is 356 g/mol. The van der Waals surface area contributed by atoms with E-state index in [4.69, 9.17) is 0 Å². The summed E-state index contributed by atoms with van der Waals surface area (Å²) in [7, 11) is 3.68. The first-order valence-electron chi connectivity index (χ1n) is 8.86. The van der Waals surface area contributed by atoms with Gasteiger partial charge in [0.05, 0.1) is 11.0 Å². The summed E-state index contributed by atoms with van der Waals surface area (Å²) in [5.41, 5.74) is 3.15. The molecule has 0 saturated heterocycles. The Morgan fingerprint density at radius 1 is 1.11 bits per heavy atom. The van der Waals surface area contributed by atoms with Crippen LogP contribution in [0.4, 0.5) is 11.5 Å². The second-order valence-corrected chi connectivity index (χ2v) is 6.83. The number of aromatic nitrogens is 4. The van der Waals surface area contributed by atoms with E-state index in [0.29, 0.717) is 28.2 Å². The number of fused-ring (bicyclic) bond motifs is 3. The van der Waals surface area contributed by atoms with Crippen LogP contribution in [0.25, 0.3) is 16.7 Å².